The largest absolute Gasteiger partial charge is 0.455 e. The van der Waals surface area contributed by atoms with Gasteiger partial charge in [0.2, 0.25) is 0 Å². The number of thioether (sulfide) groups is 1. The number of ether oxygens (including phenoxy) is 24. The van der Waals surface area contributed by atoms with E-state index in [-0.39, 0.29) is 80.5 Å². The van der Waals surface area contributed by atoms with Gasteiger partial charge in [-0.25, -0.2) is 9.59 Å². The predicted molar refractivity (Wildman–Crippen MR) is 451 cm³/mol. The van der Waals surface area contributed by atoms with Gasteiger partial charge in [-0.05, 0) is 137 Å². The molecule has 0 unspecified atom stereocenters. The fraction of sp³-hybridized carbons (Fsp3) is 0.975. The second-order valence-corrected chi connectivity index (χ2v) is 44.7. The summed E-state index contributed by atoms with van der Waals surface area (Å²) in [7, 11) is -4.36. The van der Waals surface area contributed by atoms with Crippen LogP contribution in [-0.4, -0.2) is 380 Å². The van der Waals surface area contributed by atoms with E-state index in [4.69, 9.17) is 166 Å². The molecule has 738 valence electrons. The van der Waals surface area contributed by atoms with Gasteiger partial charge >= 0.3 is 120 Å². The Bertz CT molecular complexity index is 3450. The molecule has 0 radical (unpaired) electrons. The first-order valence-corrected chi connectivity index (χ1v) is 49.5. The molecule has 14 heterocycles. The van der Waals surface area contributed by atoms with Crippen molar-refractivity contribution in [3.8, 4) is 0 Å². The van der Waals surface area contributed by atoms with Crippen molar-refractivity contribution < 1.29 is 184 Å². The first-order valence-electron chi connectivity index (χ1n) is 41.6. The van der Waals surface area contributed by atoms with E-state index in [1.54, 1.807) is 90.4 Å². The molecule has 45 heteroatoms. The number of carbonyl (C=O) groups is 2. The van der Waals surface area contributed by atoms with Gasteiger partial charge in [-0.2, -0.15) is 28.6 Å². The predicted octanol–water partition coefficient (Wildman–Crippen LogP) is 5.01. The fourth-order valence-electron chi connectivity index (χ4n) is 14.5. The third-order valence-corrected chi connectivity index (χ3v) is 25.4. The topological polar surface area (TPSA) is 484 Å². The Hall–Kier alpha value is -0.951. The van der Waals surface area contributed by atoms with Gasteiger partial charge in [0, 0.05) is 26.6 Å². The maximum Gasteiger partial charge on any atom is 0.338 e. The second kappa shape index (κ2) is 46.7. The summed E-state index contributed by atoms with van der Waals surface area (Å²) in [4.78, 5) is 22.8. The molecule has 14 aliphatic heterocycles. The number of aliphatic hydroxyl groups is 7. The van der Waals surface area contributed by atoms with Gasteiger partial charge in [-0.1, -0.05) is 20.8 Å². The molecular formula is C80H146Cl2O39S3Se. The summed E-state index contributed by atoms with van der Waals surface area (Å²) < 4.78 is 190. The molecule has 0 saturated carbocycles. The molecule has 0 aromatic heterocycles. The van der Waals surface area contributed by atoms with Crippen LogP contribution in [0.1, 0.15) is 180 Å². The first kappa shape index (κ1) is 115. The minimum absolute atomic E-state index is 0.0765. The monoisotopic (exact) mass is 1980 g/mol. The fourth-order valence-corrected chi connectivity index (χ4v) is 20.0. The van der Waals surface area contributed by atoms with Crippen molar-refractivity contribution in [2.45, 2.75) is 393 Å². The smallest absolute Gasteiger partial charge is 0.338 e. The summed E-state index contributed by atoms with van der Waals surface area (Å²) in [6, 6.07) is 0. The number of halogens is 2. The van der Waals surface area contributed by atoms with Crippen molar-refractivity contribution in [3.05, 3.63) is 0 Å². The number of cyclic esters (lactones) is 2. The van der Waals surface area contributed by atoms with E-state index in [2.05, 4.69) is 25.5 Å². The van der Waals surface area contributed by atoms with E-state index >= 15 is 0 Å². The van der Waals surface area contributed by atoms with Crippen LogP contribution in [0.5, 0.6) is 0 Å². The van der Waals surface area contributed by atoms with Crippen molar-refractivity contribution >= 4 is 82.1 Å². The van der Waals surface area contributed by atoms with E-state index in [1.165, 1.54) is 0 Å². The van der Waals surface area contributed by atoms with Crippen LogP contribution in [0.2, 0.25) is 10.1 Å². The van der Waals surface area contributed by atoms with Crippen LogP contribution in [0.25, 0.3) is 0 Å². The van der Waals surface area contributed by atoms with Crippen LogP contribution in [0.4, 0.5) is 0 Å². The van der Waals surface area contributed by atoms with Gasteiger partial charge in [0.15, 0.2) is 76.5 Å². The summed E-state index contributed by atoms with van der Waals surface area (Å²) in [6.45, 7) is 49.8. The Morgan fingerprint density at radius 1 is 0.496 bits per heavy atom. The molecule has 24 atom stereocenters. The Labute approximate surface area is 758 Å². The van der Waals surface area contributed by atoms with Crippen LogP contribution in [0.15, 0.2) is 0 Å². The van der Waals surface area contributed by atoms with Gasteiger partial charge in [0.25, 0.3) is 20.2 Å². The number of carbonyl (C=O) groups excluding carboxylic acids is 2. The number of hydrogen-bond acceptors (Lipinski definition) is 40. The second-order valence-electron chi connectivity index (χ2n) is 36.9. The van der Waals surface area contributed by atoms with E-state index in [9.17, 15) is 36.6 Å². The zero-order chi connectivity index (χ0) is 95.4. The Balaban J connectivity index is 0.000000259. The molecule has 0 bridgehead atoms. The Kier molecular flexibility index (Phi) is 42.8. The summed E-state index contributed by atoms with van der Waals surface area (Å²) in [5.74, 6) is -6.69. The van der Waals surface area contributed by atoms with Crippen molar-refractivity contribution in [1.29, 1.82) is 0 Å². The SMILES string of the molecule is CC(C)C.CC1(C)OC[C@H]([C@@H]2OC(=O)[C@@H]3OC(C)(C)O[C@H]23)O1.CC1(C)O[C@@H]2[C@@H]([C@H]3COC(C)(C)O3)SC[C@@H]2O1.CC1(C)O[C@@H]2[C@@H]([C@H]3COC(C)(C)O3)[Se]C[C@@H]2O1.CC1(C)O[C@H]([C@@H](O)[C@H]2COC(C)(C)O2)[C@H](CO)O1.CC1(C)O[C@H]([C@@H](OS(C)(=O)=O)[C@H]2COC(C)(C)O2)[C@H](COS(C)(=O)=O)O1.CCO.COC(C)(C)OC.ClCCl.O=C1O[C@@H]([C@H](O)CO)[C@@H](O)[C@H]1O. The average Bonchev–Trinajstić information content (AvgIpc) is 1.61. The molecule has 14 rings (SSSR count). The quantitative estimate of drug-likeness (QED) is 0.0330. The van der Waals surface area contributed by atoms with Crippen LogP contribution >= 0.6 is 35.0 Å². The van der Waals surface area contributed by atoms with E-state index in [0.29, 0.717) is 51.5 Å². The first-order chi connectivity index (χ1) is 57.1. The molecule has 0 aliphatic carbocycles. The summed E-state index contributed by atoms with van der Waals surface area (Å²) in [5.41, 5.74) is 0. The van der Waals surface area contributed by atoms with Crippen molar-refractivity contribution in [2.75, 3.05) is 97.3 Å². The van der Waals surface area contributed by atoms with Crippen molar-refractivity contribution in [2.24, 2.45) is 5.92 Å². The number of aliphatic hydroxyl groups excluding tert-OH is 7. The normalized spacial score (nSPS) is 36.8. The summed E-state index contributed by atoms with van der Waals surface area (Å²) >= 11 is 11.9. The van der Waals surface area contributed by atoms with Gasteiger partial charge in [-0.3, -0.25) is 8.37 Å². The van der Waals surface area contributed by atoms with Gasteiger partial charge in [0.1, 0.15) is 79.4 Å². The molecule has 7 N–H and O–H groups in total. The molecular weight excluding hydrogens is 1830 g/mol. The van der Waals surface area contributed by atoms with Crippen molar-refractivity contribution in [1.82, 2.24) is 0 Å². The number of esters is 2. The maximum absolute atomic E-state index is 11.8. The third kappa shape index (κ3) is 36.2. The molecule has 125 heavy (non-hydrogen) atoms. The number of hydrogen-bond donors (Lipinski definition) is 7. The molecule has 0 aromatic rings. The third-order valence-electron chi connectivity index (χ3n) is 19.7. The standard InChI is InChI=1S/C14H26O10S2.C12H18O6.C12H22O6.C12H20O4S.C12H20O4Se.C6H10O6.C5H12O2.C4H10.C2H6O.CH2Cl2/c1-13(2)19-7-9(21-13)12(24-26(6,17)18)11-10(8-20-25(5,15)16)22-14(3,4)23-11;1-11(2)14-5-6(16-11)7-8-9(10(13)15-7)18-12(3,4)17-8;1-11(2)15-6-8(17-11)9(14)10-7(5-13)16-12(3,4)18-10;2*1-11(2)13-5-7(14-11)10-9-8(6-17-10)15-12(3,4)16-9;7-1-2(8)5-3(9)4(10)6(11)12-5;1-5(2,6-3)7-4;1-4(2)3;1-2-3;2-1-3/h9-12H,7-8H2,1-6H3;6-9H,5H2,1-4H3;7-10,13-14H,5-6H2,1-4H3;2*7-10H,5-6H2,1-4H3;2-5,7-10H,1H2;1-4H3;4H,1-3H3;3H,2H2,1H3;1H2/t9-,10+,11+,12+;6-,7+,8-,9-;7-,8+,9-,10-;2*7-,8+,9+,10-;2-,3+,4-,5+;;;;/m110111..../s1. The van der Waals surface area contributed by atoms with E-state index in [1.807, 2.05) is 94.8 Å². The molecule has 0 aromatic carbocycles. The summed E-state index contributed by atoms with van der Waals surface area (Å²) in [5, 5.41) is 64.1. The maximum atomic E-state index is 11.8. The number of alkyl halides is 2. The number of methoxy groups -OCH3 is 2. The Morgan fingerprint density at radius 2 is 0.912 bits per heavy atom. The van der Waals surface area contributed by atoms with Gasteiger partial charge in [-0.15, -0.1) is 23.2 Å². The van der Waals surface area contributed by atoms with E-state index < -0.39 is 188 Å². The number of rotatable bonds is 17. The molecule has 14 aliphatic rings. The van der Waals surface area contributed by atoms with Crippen LogP contribution in [-0.2, 0) is 152 Å². The zero-order valence-corrected chi connectivity index (χ0v) is 83.7. The molecule has 0 spiro atoms. The molecule has 39 nitrogen and oxygen atoms in total. The minimum Gasteiger partial charge on any atom is -0.455 e. The zero-order valence-electron chi connectivity index (χ0n) is 78.0. The average molecular weight is 1980 g/mol. The van der Waals surface area contributed by atoms with Crippen LogP contribution < -0.4 is 0 Å². The van der Waals surface area contributed by atoms with Gasteiger partial charge in [0.05, 0.1) is 81.6 Å². The van der Waals surface area contributed by atoms with Crippen LogP contribution in [0, 0.1) is 5.92 Å². The molecule has 0 amide bonds. The van der Waals surface area contributed by atoms with E-state index in [0.717, 1.165) is 29.5 Å². The Morgan fingerprint density at radius 3 is 1.34 bits per heavy atom. The molecule has 14 fully saturated rings. The van der Waals surface area contributed by atoms with Crippen molar-refractivity contribution in [3.63, 3.8) is 0 Å². The van der Waals surface area contributed by atoms with Gasteiger partial charge < -0.3 is 130 Å². The number of fused-ring (bicyclic) bond motifs is 3. The molecule has 14 saturated heterocycles. The van der Waals surface area contributed by atoms with Crippen LogP contribution in [0.3, 0.4) is 0 Å². The minimum atomic E-state index is -3.87. The summed E-state index contributed by atoms with van der Waals surface area (Å²) in [6.07, 6.45) is -10.9.